The molecule has 0 radical (unpaired) electrons. The van der Waals surface area contributed by atoms with Crippen LogP contribution in [0, 0.1) is 0 Å². The van der Waals surface area contributed by atoms with Crippen LogP contribution in [-0.4, -0.2) is 42.9 Å². The predicted octanol–water partition coefficient (Wildman–Crippen LogP) is 1.24. The van der Waals surface area contributed by atoms with Gasteiger partial charge in [-0.1, -0.05) is 11.6 Å². The number of carbonyl (C=O) groups is 3. The molecule has 0 bridgehead atoms. The zero-order chi connectivity index (χ0) is 16.3. The normalized spacial score (nSPS) is 14.1. The highest BCUT2D eigenvalue weighted by Crippen LogP contribution is 2.29. The van der Waals surface area contributed by atoms with E-state index in [2.05, 4.69) is 0 Å². The van der Waals surface area contributed by atoms with Crippen molar-refractivity contribution >= 4 is 35.1 Å². The van der Waals surface area contributed by atoms with Gasteiger partial charge in [0, 0.05) is 19.0 Å². The van der Waals surface area contributed by atoms with E-state index >= 15 is 0 Å². The Hall–Kier alpha value is -2.28. The molecule has 2 amide bonds. The summed E-state index contributed by atoms with van der Waals surface area (Å²) in [6.45, 7) is -0.165. The molecule has 1 aromatic carbocycles. The Morgan fingerprint density at radius 1 is 1.41 bits per heavy atom. The number of amides is 2. The molecule has 0 spiro atoms. The van der Waals surface area contributed by atoms with Gasteiger partial charge in [0.05, 0.1) is 17.8 Å². The number of imide groups is 1. The number of rotatable bonds is 4. The van der Waals surface area contributed by atoms with E-state index < -0.39 is 18.5 Å². The van der Waals surface area contributed by atoms with Crippen molar-refractivity contribution in [1.29, 1.82) is 0 Å². The Balaban J connectivity index is 2.05. The number of anilines is 1. The van der Waals surface area contributed by atoms with Crippen molar-refractivity contribution in [2.45, 2.75) is 12.8 Å². The Kier molecular flexibility index (Phi) is 4.87. The summed E-state index contributed by atoms with van der Waals surface area (Å²) >= 11 is 5.86. The second-order valence-corrected chi connectivity index (χ2v) is 5.10. The van der Waals surface area contributed by atoms with Gasteiger partial charge >= 0.3 is 5.97 Å². The van der Waals surface area contributed by atoms with Crippen LogP contribution in [0.1, 0.15) is 23.2 Å². The first-order valence-corrected chi connectivity index (χ1v) is 6.95. The molecule has 1 fully saturated rings. The monoisotopic (exact) mass is 326 g/mol. The third kappa shape index (κ3) is 3.30. The first kappa shape index (κ1) is 16.1. The molecule has 8 heteroatoms. The molecule has 0 unspecified atom stereocenters. The van der Waals surface area contributed by atoms with Crippen LogP contribution in [-0.2, 0) is 14.3 Å². The molecule has 1 aromatic rings. The Labute approximate surface area is 131 Å². The van der Waals surface area contributed by atoms with Crippen LogP contribution < -0.4 is 10.5 Å². The van der Waals surface area contributed by atoms with Crippen LogP contribution in [0.5, 0.6) is 5.75 Å². The number of nitrogens with two attached hydrogens (primary N) is 1. The van der Waals surface area contributed by atoms with Crippen LogP contribution in [0.2, 0.25) is 5.02 Å². The highest BCUT2D eigenvalue weighted by molar-refractivity contribution is 6.33. The van der Waals surface area contributed by atoms with E-state index in [1.807, 2.05) is 0 Å². The smallest absolute Gasteiger partial charge is 0.342 e. The zero-order valence-corrected chi connectivity index (χ0v) is 12.7. The Morgan fingerprint density at radius 3 is 2.73 bits per heavy atom. The lowest BCUT2D eigenvalue weighted by Gasteiger charge is -2.14. The largest absolute Gasteiger partial charge is 0.496 e. The van der Waals surface area contributed by atoms with Gasteiger partial charge < -0.3 is 15.2 Å². The summed E-state index contributed by atoms with van der Waals surface area (Å²) in [6, 6.07) is 2.70. The number of methoxy groups -OCH3 is 1. The molecule has 0 aliphatic carbocycles. The van der Waals surface area contributed by atoms with E-state index in [4.69, 9.17) is 26.8 Å². The van der Waals surface area contributed by atoms with E-state index in [1.54, 1.807) is 0 Å². The van der Waals surface area contributed by atoms with Gasteiger partial charge in [-0.3, -0.25) is 14.5 Å². The molecule has 2 rings (SSSR count). The summed E-state index contributed by atoms with van der Waals surface area (Å²) in [5, 5.41) is 0.175. The number of benzene rings is 1. The van der Waals surface area contributed by atoms with Crippen LogP contribution in [0.3, 0.4) is 0 Å². The highest BCUT2D eigenvalue weighted by Gasteiger charge is 2.27. The molecule has 1 aliphatic heterocycles. The summed E-state index contributed by atoms with van der Waals surface area (Å²) in [5.74, 6) is -1.39. The van der Waals surface area contributed by atoms with Gasteiger partial charge in [-0.25, -0.2) is 4.79 Å². The zero-order valence-electron chi connectivity index (χ0n) is 11.9. The Bertz CT molecular complexity index is 632. The lowest BCUT2D eigenvalue weighted by Crippen LogP contribution is -2.35. The van der Waals surface area contributed by atoms with Gasteiger partial charge in [-0.05, 0) is 12.5 Å². The van der Waals surface area contributed by atoms with Crippen molar-refractivity contribution in [2.75, 3.05) is 26.0 Å². The Morgan fingerprint density at radius 2 is 2.14 bits per heavy atom. The molecular weight excluding hydrogens is 312 g/mol. The van der Waals surface area contributed by atoms with Crippen molar-refractivity contribution in [3.63, 3.8) is 0 Å². The van der Waals surface area contributed by atoms with E-state index in [1.165, 1.54) is 19.2 Å². The van der Waals surface area contributed by atoms with E-state index in [9.17, 15) is 14.4 Å². The maximum atomic E-state index is 12.0. The fourth-order valence-corrected chi connectivity index (χ4v) is 2.26. The van der Waals surface area contributed by atoms with Crippen molar-refractivity contribution in [1.82, 2.24) is 4.90 Å². The summed E-state index contributed by atoms with van der Waals surface area (Å²) in [4.78, 5) is 36.4. The van der Waals surface area contributed by atoms with Gasteiger partial charge in [-0.2, -0.15) is 0 Å². The van der Waals surface area contributed by atoms with Crippen LogP contribution in [0.15, 0.2) is 12.1 Å². The number of nitrogens with zero attached hydrogens (tertiary/aromatic N) is 1. The lowest BCUT2D eigenvalue weighted by molar-refractivity contribution is -0.143. The minimum atomic E-state index is -0.779. The number of carbonyl (C=O) groups excluding carboxylic acids is 3. The molecule has 1 heterocycles. The van der Waals surface area contributed by atoms with Crippen LogP contribution in [0.25, 0.3) is 0 Å². The van der Waals surface area contributed by atoms with Crippen LogP contribution in [0.4, 0.5) is 5.69 Å². The highest BCUT2D eigenvalue weighted by atomic mass is 35.5. The van der Waals surface area contributed by atoms with Gasteiger partial charge in [0.1, 0.15) is 11.3 Å². The fraction of sp³-hybridized carbons (Fsp3) is 0.357. The second kappa shape index (κ2) is 6.65. The van der Waals surface area contributed by atoms with E-state index in [-0.39, 0.29) is 27.9 Å². The quantitative estimate of drug-likeness (QED) is 0.660. The number of hydrogen-bond acceptors (Lipinski definition) is 6. The molecule has 1 aliphatic rings. The molecule has 2 N–H and O–H groups in total. The fourth-order valence-electron chi connectivity index (χ4n) is 2.09. The van der Waals surface area contributed by atoms with E-state index in [0.29, 0.717) is 19.4 Å². The van der Waals surface area contributed by atoms with Gasteiger partial charge in [0.25, 0.3) is 5.91 Å². The molecule has 22 heavy (non-hydrogen) atoms. The van der Waals surface area contributed by atoms with E-state index in [0.717, 1.165) is 4.90 Å². The van der Waals surface area contributed by atoms with Crippen molar-refractivity contribution in [2.24, 2.45) is 0 Å². The standard InChI is InChI=1S/C14H15ClN2O5/c1-21-11-6-10(16)9(15)5-8(11)14(20)22-7-13(19)17-4-2-3-12(17)18/h5-6H,2-4,7,16H2,1H3. The first-order valence-electron chi connectivity index (χ1n) is 6.57. The number of nitrogen functional groups attached to an aromatic ring is 1. The summed E-state index contributed by atoms with van der Waals surface area (Å²) in [6.07, 6.45) is 0.959. The number of halogens is 1. The summed E-state index contributed by atoms with van der Waals surface area (Å²) in [7, 11) is 1.37. The van der Waals surface area contributed by atoms with Gasteiger partial charge in [0.15, 0.2) is 6.61 Å². The number of esters is 1. The van der Waals surface area contributed by atoms with Crippen molar-refractivity contribution in [3.05, 3.63) is 22.7 Å². The third-order valence-electron chi connectivity index (χ3n) is 3.24. The summed E-state index contributed by atoms with van der Waals surface area (Å²) in [5.41, 5.74) is 5.94. The first-order chi connectivity index (χ1) is 10.4. The number of ether oxygens (including phenoxy) is 2. The molecule has 0 atom stereocenters. The van der Waals surface area contributed by atoms with Crippen molar-refractivity contribution < 1.29 is 23.9 Å². The van der Waals surface area contributed by atoms with Crippen LogP contribution >= 0.6 is 11.6 Å². The number of hydrogen-bond donors (Lipinski definition) is 1. The average molecular weight is 327 g/mol. The number of likely N-dealkylation sites (tertiary alicyclic amines) is 1. The maximum Gasteiger partial charge on any atom is 0.342 e. The SMILES string of the molecule is COc1cc(N)c(Cl)cc1C(=O)OCC(=O)N1CCCC1=O. The molecule has 1 saturated heterocycles. The minimum Gasteiger partial charge on any atom is -0.496 e. The van der Waals surface area contributed by atoms with Crippen molar-refractivity contribution in [3.8, 4) is 5.75 Å². The van der Waals surface area contributed by atoms with Gasteiger partial charge in [0.2, 0.25) is 5.91 Å². The molecule has 7 nitrogen and oxygen atoms in total. The topological polar surface area (TPSA) is 98.9 Å². The molecular formula is C14H15ClN2O5. The molecule has 118 valence electrons. The summed E-state index contributed by atoms with van der Waals surface area (Å²) < 4.78 is 9.96. The van der Waals surface area contributed by atoms with Gasteiger partial charge in [-0.15, -0.1) is 0 Å². The molecule has 0 saturated carbocycles. The lowest BCUT2D eigenvalue weighted by atomic mass is 10.2. The minimum absolute atomic E-state index is 0.0576. The average Bonchev–Trinajstić information content (AvgIpc) is 2.92. The third-order valence-corrected chi connectivity index (χ3v) is 3.57. The predicted molar refractivity (Wildman–Crippen MR) is 78.7 cm³/mol. The maximum absolute atomic E-state index is 12.0. The second-order valence-electron chi connectivity index (χ2n) is 4.69. The molecule has 0 aromatic heterocycles.